The highest BCUT2D eigenvalue weighted by atomic mass is 19.1. The number of halogens is 1. The van der Waals surface area contributed by atoms with Crippen molar-refractivity contribution < 1.29 is 9.18 Å². The fourth-order valence-corrected chi connectivity index (χ4v) is 2.17. The molecule has 1 amide bonds. The number of carbonyl (C=O) groups excluding carboxylic acids is 1. The van der Waals surface area contributed by atoms with Crippen molar-refractivity contribution in [1.82, 2.24) is 10.6 Å². The molecule has 1 aromatic carbocycles. The van der Waals surface area contributed by atoms with Gasteiger partial charge in [0.25, 0.3) is 0 Å². The molecule has 0 heterocycles. The Morgan fingerprint density at radius 3 is 2.75 bits per heavy atom. The van der Waals surface area contributed by atoms with Crippen LogP contribution in [0.2, 0.25) is 0 Å². The van der Waals surface area contributed by atoms with Gasteiger partial charge in [-0.15, -0.1) is 0 Å². The average molecular weight is 281 g/mol. The second-order valence-corrected chi connectivity index (χ2v) is 4.91. The number of benzene rings is 1. The minimum absolute atomic E-state index is 0.0125. The molecule has 0 aliphatic carbocycles. The number of hydrogen-bond donors (Lipinski definition) is 2. The second kappa shape index (κ2) is 7.85. The first-order valence-electron chi connectivity index (χ1n) is 6.92. The van der Waals surface area contributed by atoms with Crippen LogP contribution >= 0.6 is 0 Å². The number of nitrogens with one attached hydrogen (secondary N) is 2. The van der Waals surface area contributed by atoms with Gasteiger partial charge in [-0.3, -0.25) is 4.79 Å². The maximum atomic E-state index is 14.0. The molecule has 0 aliphatic heterocycles. The van der Waals surface area contributed by atoms with Crippen LogP contribution in [0, 0.1) is 11.7 Å². The van der Waals surface area contributed by atoms with Crippen LogP contribution in [0.25, 0.3) is 0 Å². The lowest BCUT2D eigenvalue weighted by Gasteiger charge is -2.25. The molecule has 0 aliphatic rings. The van der Waals surface area contributed by atoms with Gasteiger partial charge in [-0.25, -0.2) is 4.39 Å². The molecule has 0 fully saturated rings. The monoisotopic (exact) mass is 281 g/mol. The van der Waals surface area contributed by atoms with E-state index in [2.05, 4.69) is 10.6 Å². The van der Waals surface area contributed by atoms with E-state index in [-0.39, 0.29) is 17.6 Å². The van der Waals surface area contributed by atoms with Crippen LogP contribution in [0.3, 0.4) is 0 Å². The Kier molecular flexibility index (Phi) is 6.45. The van der Waals surface area contributed by atoms with Crippen molar-refractivity contribution >= 4 is 11.6 Å². The Hall–Kier alpha value is -1.62. The fourth-order valence-electron chi connectivity index (χ4n) is 2.17. The topological polar surface area (TPSA) is 44.4 Å². The Labute approximate surface area is 120 Å². The van der Waals surface area contributed by atoms with E-state index >= 15 is 0 Å². The Morgan fingerprint density at radius 1 is 1.45 bits per heavy atom. The third-order valence-electron chi connectivity index (χ3n) is 3.30. The van der Waals surface area contributed by atoms with Crippen LogP contribution in [0.15, 0.2) is 18.2 Å². The summed E-state index contributed by atoms with van der Waals surface area (Å²) in [4.78, 5) is 13.5. The van der Waals surface area contributed by atoms with Crippen molar-refractivity contribution in [1.29, 1.82) is 0 Å². The Balaban J connectivity index is 2.88. The van der Waals surface area contributed by atoms with E-state index in [0.717, 1.165) is 12.2 Å². The molecule has 0 radical (unpaired) electrons. The predicted octanol–water partition coefficient (Wildman–Crippen LogP) is 1.75. The van der Waals surface area contributed by atoms with Gasteiger partial charge >= 0.3 is 0 Å². The smallest absolute Gasteiger partial charge is 0.224 e. The zero-order chi connectivity index (χ0) is 15.1. The van der Waals surface area contributed by atoms with Crippen LogP contribution in [-0.2, 0) is 11.3 Å². The molecule has 5 heteroatoms. The Bertz CT molecular complexity index is 451. The molecule has 1 aromatic rings. The van der Waals surface area contributed by atoms with Gasteiger partial charge in [0.15, 0.2) is 0 Å². The molecule has 1 unspecified atom stereocenters. The highest BCUT2D eigenvalue weighted by Gasteiger charge is 2.17. The van der Waals surface area contributed by atoms with Gasteiger partial charge in [-0.2, -0.15) is 0 Å². The van der Waals surface area contributed by atoms with Gasteiger partial charge in [0.1, 0.15) is 5.82 Å². The lowest BCUT2D eigenvalue weighted by atomic mass is 10.1. The summed E-state index contributed by atoms with van der Waals surface area (Å²) in [6.45, 7) is 5.65. The lowest BCUT2D eigenvalue weighted by Crippen LogP contribution is -2.35. The summed E-state index contributed by atoms with van der Waals surface area (Å²) < 4.78 is 14.0. The zero-order valence-corrected chi connectivity index (χ0v) is 12.7. The van der Waals surface area contributed by atoms with E-state index in [1.54, 1.807) is 13.1 Å². The van der Waals surface area contributed by atoms with Crippen molar-refractivity contribution in [2.75, 3.05) is 32.1 Å². The number of hydrogen-bond acceptors (Lipinski definition) is 3. The molecule has 0 saturated carbocycles. The van der Waals surface area contributed by atoms with E-state index in [9.17, 15) is 9.18 Å². The molecule has 1 atom stereocenters. The van der Waals surface area contributed by atoms with Gasteiger partial charge in [0.05, 0.1) is 5.92 Å². The third-order valence-corrected chi connectivity index (χ3v) is 3.30. The molecule has 2 N–H and O–H groups in total. The first-order valence-corrected chi connectivity index (χ1v) is 6.92. The number of amides is 1. The summed E-state index contributed by atoms with van der Waals surface area (Å²) >= 11 is 0. The fraction of sp³-hybridized carbons (Fsp3) is 0.533. The second-order valence-electron chi connectivity index (χ2n) is 4.91. The van der Waals surface area contributed by atoms with Crippen LogP contribution in [0.5, 0.6) is 0 Å². The molecule has 20 heavy (non-hydrogen) atoms. The highest BCUT2D eigenvalue weighted by molar-refractivity contribution is 5.78. The normalized spacial score (nSPS) is 12.1. The van der Waals surface area contributed by atoms with Gasteiger partial charge < -0.3 is 15.5 Å². The summed E-state index contributed by atoms with van der Waals surface area (Å²) in [5.41, 5.74) is 1.46. The van der Waals surface area contributed by atoms with Crippen molar-refractivity contribution in [3.63, 3.8) is 0 Å². The standard InChI is InChI=1S/C15H24FN3O/c1-5-18-9-12-13(16)7-6-8-14(12)19(4)10-11(2)15(20)17-3/h6-8,11,18H,5,9-10H2,1-4H3,(H,17,20). The number of anilines is 1. The number of carbonyl (C=O) groups is 1. The average Bonchev–Trinajstić information content (AvgIpc) is 2.44. The Morgan fingerprint density at radius 2 is 2.15 bits per heavy atom. The lowest BCUT2D eigenvalue weighted by molar-refractivity contribution is -0.123. The maximum absolute atomic E-state index is 14.0. The molecule has 0 aromatic heterocycles. The van der Waals surface area contributed by atoms with Gasteiger partial charge in [0.2, 0.25) is 5.91 Å². The summed E-state index contributed by atoms with van der Waals surface area (Å²) in [7, 11) is 3.50. The van der Waals surface area contributed by atoms with Gasteiger partial charge in [-0.1, -0.05) is 19.9 Å². The SMILES string of the molecule is CCNCc1c(F)cccc1N(C)CC(C)C(=O)NC. The first-order chi connectivity index (χ1) is 9.51. The van der Waals surface area contributed by atoms with E-state index < -0.39 is 0 Å². The minimum atomic E-state index is -0.220. The van der Waals surface area contributed by atoms with Crippen molar-refractivity contribution in [2.45, 2.75) is 20.4 Å². The largest absolute Gasteiger partial charge is 0.373 e. The number of nitrogens with zero attached hydrogens (tertiary/aromatic N) is 1. The molecule has 0 bridgehead atoms. The van der Waals surface area contributed by atoms with E-state index in [1.807, 2.05) is 31.9 Å². The summed E-state index contributed by atoms with van der Waals surface area (Å²) in [5, 5.41) is 5.77. The molecule has 112 valence electrons. The zero-order valence-electron chi connectivity index (χ0n) is 12.7. The molecular formula is C15H24FN3O. The van der Waals surface area contributed by atoms with Crippen molar-refractivity contribution in [2.24, 2.45) is 5.92 Å². The summed E-state index contributed by atoms with van der Waals surface area (Å²) in [6.07, 6.45) is 0. The van der Waals surface area contributed by atoms with Gasteiger partial charge in [0, 0.05) is 38.4 Å². The summed E-state index contributed by atoms with van der Waals surface area (Å²) in [5.74, 6) is -0.385. The van der Waals surface area contributed by atoms with Crippen LogP contribution in [-0.4, -0.2) is 33.1 Å². The molecular weight excluding hydrogens is 257 g/mol. The van der Waals surface area contributed by atoms with E-state index in [4.69, 9.17) is 0 Å². The van der Waals surface area contributed by atoms with E-state index in [1.165, 1.54) is 6.07 Å². The molecule has 1 rings (SSSR count). The minimum Gasteiger partial charge on any atom is -0.373 e. The first kappa shape index (κ1) is 16.4. The third kappa shape index (κ3) is 4.20. The molecule has 4 nitrogen and oxygen atoms in total. The van der Waals surface area contributed by atoms with Gasteiger partial charge in [-0.05, 0) is 18.7 Å². The predicted molar refractivity (Wildman–Crippen MR) is 80.3 cm³/mol. The highest BCUT2D eigenvalue weighted by Crippen LogP contribution is 2.23. The molecule has 0 saturated heterocycles. The quantitative estimate of drug-likeness (QED) is 0.800. The van der Waals surface area contributed by atoms with Crippen molar-refractivity contribution in [3.8, 4) is 0 Å². The van der Waals surface area contributed by atoms with E-state index in [0.29, 0.717) is 18.7 Å². The number of rotatable bonds is 7. The maximum Gasteiger partial charge on any atom is 0.224 e. The van der Waals surface area contributed by atoms with Crippen molar-refractivity contribution in [3.05, 3.63) is 29.6 Å². The summed E-state index contributed by atoms with van der Waals surface area (Å²) in [6, 6.07) is 5.04. The van der Waals surface area contributed by atoms with Crippen LogP contribution < -0.4 is 15.5 Å². The molecule has 0 spiro atoms. The van der Waals surface area contributed by atoms with Crippen LogP contribution in [0.1, 0.15) is 19.4 Å². The van der Waals surface area contributed by atoms with Crippen LogP contribution in [0.4, 0.5) is 10.1 Å².